The highest BCUT2D eigenvalue weighted by atomic mass is 16.5. The molecule has 0 bridgehead atoms. The van der Waals surface area contributed by atoms with Gasteiger partial charge in [0.05, 0.1) is 37.3 Å². The molecular formula is C27H26N2O5. The van der Waals surface area contributed by atoms with Crippen molar-refractivity contribution in [3.63, 3.8) is 0 Å². The van der Waals surface area contributed by atoms with Crippen molar-refractivity contribution in [1.82, 2.24) is 0 Å². The molecule has 1 aliphatic heterocycles. The summed E-state index contributed by atoms with van der Waals surface area (Å²) in [5.41, 5.74) is 1.96. The molecule has 0 aromatic heterocycles. The van der Waals surface area contributed by atoms with Crippen LogP contribution in [0, 0.1) is 0 Å². The van der Waals surface area contributed by atoms with Crippen LogP contribution in [0.25, 0.3) is 5.57 Å². The Bertz CT molecular complexity index is 1250. The fourth-order valence-electron chi connectivity index (χ4n) is 3.77. The maximum atomic E-state index is 13.7. The minimum absolute atomic E-state index is 0.128. The molecule has 3 aromatic rings. The Morgan fingerprint density at radius 1 is 0.794 bits per heavy atom. The lowest BCUT2D eigenvalue weighted by Gasteiger charge is -2.20. The molecule has 34 heavy (non-hydrogen) atoms. The van der Waals surface area contributed by atoms with Crippen LogP contribution in [0.3, 0.4) is 0 Å². The summed E-state index contributed by atoms with van der Waals surface area (Å²) in [5.74, 6) is 0.610. The summed E-state index contributed by atoms with van der Waals surface area (Å²) in [6.07, 6.45) is -0.128. The molecule has 0 spiro atoms. The molecule has 0 aliphatic carbocycles. The SMILES string of the molecule is COc1ccc(NC2=C(c3ccccc3)C(=O)N(c3ccccc3OC(C)C)C2=O)c(OC)c1. The van der Waals surface area contributed by atoms with E-state index in [9.17, 15) is 9.59 Å². The van der Waals surface area contributed by atoms with Crippen LogP contribution in [0.2, 0.25) is 0 Å². The number of anilines is 2. The fourth-order valence-corrected chi connectivity index (χ4v) is 3.77. The summed E-state index contributed by atoms with van der Waals surface area (Å²) in [5, 5.41) is 3.15. The minimum atomic E-state index is -0.485. The van der Waals surface area contributed by atoms with Gasteiger partial charge in [-0.1, -0.05) is 42.5 Å². The maximum absolute atomic E-state index is 13.7. The van der Waals surface area contributed by atoms with E-state index in [0.29, 0.717) is 34.2 Å². The molecule has 0 saturated heterocycles. The predicted molar refractivity (Wildman–Crippen MR) is 131 cm³/mol. The first kappa shape index (κ1) is 22.9. The van der Waals surface area contributed by atoms with Gasteiger partial charge in [0.1, 0.15) is 22.9 Å². The van der Waals surface area contributed by atoms with Crippen molar-refractivity contribution < 1.29 is 23.8 Å². The van der Waals surface area contributed by atoms with E-state index < -0.39 is 11.8 Å². The number of nitrogens with one attached hydrogen (secondary N) is 1. The monoisotopic (exact) mass is 458 g/mol. The largest absolute Gasteiger partial charge is 0.497 e. The van der Waals surface area contributed by atoms with Gasteiger partial charge in [-0.15, -0.1) is 0 Å². The zero-order valence-electron chi connectivity index (χ0n) is 19.5. The van der Waals surface area contributed by atoms with Crippen molar-refractivity contribution in [2.45, 2.75) is 20.0 Å². The third kappa shape index (κ3) is 4.32. The van der Waals surface area contributed by atoms with Crippen LogP contribution in [0.4, 0.5) is 11.4 Å². The summed E-state index contributed by atoms with van der Waals surface area (Å²) in [6.45, 7) is 3.78. The highest BCUT2D eigenvalue weighted by Gasteiger charge is 2.41. The van der Waals surface area contributed by atoms with E-state index in [1.165, 1.54) is 7.11 Å². The Balaban J connectivity index is 1.83. The number of carbonyl (C=O) groups is 2. The normalized spacial score (nSPS) is 13.5. The van der Waals surface area contributed by atoms with Crippen LogP contribution >= 0.6 is 0 Å². The third-order valence-corrected chi connectivity index (χ3v) is 5.28. The molecule has 0 atom stereocenters. The van der Waals surface area contributed by atoms with Crippen LogP contribution in [0.5, 0.6) is 17.2 Å². The average molecular weight is 459 g/mol. The van der Waals surface area contributed by atoms with Crippen LogP contribution in [0.1, 0.15) is 19.4 Å². The van der Waals surface area contributed by atoms with Gasteiger partial charge in [0.25, 0.3) is 11.8 Å². The molecule has 174 valence electrons. The Morgan fingerprint density at radius 2 is 1.50 bits per heavy atom. The van der Waals surface area contributed by atoms with Crippen molar-refractivity contribution >= 4 is 28.8 Å². The predicted octanol–water partition coefficient (Wildman–Crippen LogP) is 4.89. The molecule has 1 heterocycles. The van der Waals surface area contributed by atoms with Gasteiger partial charge < -0.3 is 19.5 Å². The van der Waals surface area contributed by atoms with E-state index in [4.69, 9.17) is 14.2 Å². The Labute approximate surface area is 198 Å². The van der Waals surface area contributed by atoms with E-state index in [1.807, 2.05) is 32.0 Å². The average Bonchev–Trinajstić information content (AvgIpc) is 3.09. The van der Waals surface area contributed by atoms with Gasteiger partial charge in [-0.2, -0.15) is 0 Å². The molecule has 0 saturated carbocycles. The van der Waals surface area contributed by atoms with E-state index >= 15 is 0 Å². The van der Waals surface area contributed by atoms with Crippen molar-refractivity contribution in [3.8, 4) is 17.2 Å². The number of carbonyl (C=O) groups excluding carboxylic acids is 2. The van der Waals surface area contributed by atoms with E-state index in [0.717, 1.165) is 4.90 Å². The molecule has 0 radical (unpaired) electrons. The van der Waals surface area contributed by atoms with Crippen LogP contribution < -0.4 is 24.4 Å². The zero-order valence-corrected chi connectivity index (χ0v) is 19.5. The molecule has 7 heteroatoms. The summed E-state index contributed by atoms with van der Waals surface area (Å²) in [7, 11) is 3.09. The fraction of sp³-hybridized carbons (Fsp3) is 0.185. The van der Waals surface area contributed by atoms with Crippen molar-refractivity contribution in [3.05, 3.63) is 84.1 Å². The second-order valence-corrected chi connectivity index (χ2v) is 7.89. The first-order valence-corrected chi connectivity index (χ1v) is 10.9. The summed E-state index contributed by atoms with van der Waals surface area (Å²) >= 11 is 0. The number of nitrogens with zero attached hydrogens (tertiary/aromatic N) is 1. The molecule has 0 unspecified atom stereocenters. The maximum Gasteiger partial charge on any atom is 0.282 e. The summed E-state index contributed by atoms with van der Waals surface area (Å²) in [6, 6.07) is 21.3. The molecule has 7 nitrogen and oxygen atoms in total. The number of amides is 2. The van der Waals surface area contributed by atoms with E-state index in [1.54, 1.807) is 61.7 Å². The second-order valence-electron chi connectivity index (χ2n) is 7.89. The number of rotatable bonds is 8. The number of ether oxygens (including phenoxy) is 3. The van der Waals surface area contributed by atoms with Crippen LogP contribution in [0.15, 0.2) is 78.5 Å². The van der Waals surface area contributed by atoms with Gasteiger partial charge in [-0.25, -0.2) is 4.90 Å². The van der Waals surface area contributed by atoms with Crippen molar-refractivity contribution in [2.24, 2.45) is 0 Å². The Kier molecular flexibility index (Phi) is 6.54. The summed E-state index contributed by atoms with van der Waals surface area (Å²) in [4.78, 5) is 28.6. The van der Waals surface area contributed by atoms with Crippen molar-refractivity contribution in [1.29, 1.82) is 0 Å². The lowest BCUT2D eigenvalue weighted by molar-refractivity contribution is -0.120. The van der Waals surface area contributed by atoms with E-state index in [2.05, 4.69) is 5.32 Å². The standard InChI is InChI=1S/C27H26N2O5/c1-17(2)34-22-13-9-8-12-21(22)29-26(30)24(18-10-6-5-7-11-18)25(27(29)31)28-20-15-14-19(32-3)16-23(20)33-4/h5-17,28H,1-4H3. The van der Waals surface area contributed by atoms with Gasteiger partial charge in [-0.05, 0) is 43.7 Å². The molecular weight excluding hydrogens is 432 g/mol. The van der Waals surface area contributed by atoms with Crippen molar-refractivity contribution in [2.75, 3.05) is 24.4 Å². The zero-order chi connectivity index (χ0) is 24.2. The lowest BCUT2D eigenvalue weighted by Crippen LogP contribution is -2.33. The van der Waals surface area contributed by atoms with Gasteiger partial charge in [0, 0.05) is 6.07 Å². The minimum Gasteiger partial charge on any atom is -0.497 e. The number of imide groups is 1. The lowest BCUT2D eigenvalue weighted by atomic mass is 10.0. The number of hydrogen-bond donors (Lipinski definition) is 1. The molecule has 4 rings (SSSR count). The number of benzene rings is 3. The quantitative estimate of drug-likeness (QED) is 0.485. The molecule has 0 fully saturated rings. The van der Waals surface area contributed by atoms with Crippen LogP contribution in [-0.2, 0) is 9.59 Å². The molecule has 3 aromatic carbocycles. The molecule has 1 aliphatic rings. The molecule has 1 N–H and O–H groups in total. The van der Waals surface area contributed by atoms with E-state index in [-0.39, 0.29) is 17.4 Å². The highest BCUT2D eigenvalue weighted by molar-refractivity contribution is 6.46. The first-order chi connectivity index (χ1) is 16.4. The van der Waals surface area contributed by atoms with Crippen LogP contribution in [-0.4, -0.2) is 32.1 Å². The number of hydrogen-bond acceptors (Lipinski definition) is 6. The second kappa shape index (κ2) is 9.70. The number of para-hydroxylation sites is 2. The Morgan fingerprint density at radius 3 is 2.18 bits per heavy atom. The third-order valence-electron chi connectivity index (χ3n) is 5.28. The topological polar surface area (TPSA) is 77.1 Å². The molecule has 2 amide bonds. The van der Waals surface area contributed by atoms with Gasteiger partial charge in [0.15, 0.2) is 0 Å². The smallest absolute Gasteiger partial charge is 0.282 e. The van der Waals surface area contributed by atoms with Gasteiger partial charge in [-0.3, -0.25) is 9.59 Å². The highest BCUT2D eigenvalue weighted by Crippen LogP contribution is 2.39. The van der Waals surface area contributed by atoms with Gasteiger partial charge >= 0.3 is 0 Å². The Hall–Kier alpha value is -4.26. The van der Waals surface area contributed by atoms with Gasteiger partial charge in [0.2, 0.25) is 0 Å². The summed E-state index contributed by atoms with van der Waals surface area (Å²) < 4.78 is 16.6. The first-order valence-electron chi connectivity index (χ1n) is 10.9. The number of methoxy groups -OCH3 is 2.